The Bertz CT molecular complexity index is 668. The molecule has 112 valence electrons. The van der Waals surface area contributed by atoms with Crippen LogP contribution >= 0.6 is 27.7 Å². The highest BCUT2D eigenvalue weighted by Gasteiger charge is 2.20. The predicted molar refractivity (Wildman–Crippen MR) is 84.8 cm³/mol. The maximum atomic E-state index is 10.8. The monoisotopic (exact) mass is 370 g/mol. The maximum Gasteiger partial charge on any atom is 0.313 e. The molecule has 1 saturated heterocycles. The summed E-state index contributed by atoms with van der Waals surface area (Å²) in [6, 6.07) is 5.90. The van der Waals surface area contributed by atoms with Crippen LogP contribution in [0.3, 0.4) is 0 Å². The van der Waals surface area contributed by atoms with Crippen molar-refractivity contribution in [3.63, 3.8) is 0 Å². The molecule has 2 aromatic rings. The lowest BCUT2D eigenvalue weighted by Gasteiger charge is -2.13. The van der Waals surface area contributed by atoms with Gasteiger partial charge >= 0.3 is 5.97 Å². The third kappa shape index (κ3) is 3.41. The zero-order chi connectivity index (χ0) is 14.8. The van der Waals surface area contributed by atoms with Gasteiger partial charge in [0.25, 0.3) is 0 Å². The van der Waals surface area contributed by atoms with Crippen LogP contribution in [0.15, 0.2) is 27.8 Å². The molecular weight excluding hydrogens is 356 g/mol. The van der Waals surface area contributed by atoms with Gasteiger partial charge in [-0.15, -0.1) is 0 Å². The summed E-state index contributed by atoms with van der Waals surface area (Å²) in [4.78, 5) is 15.4. The van der Waals surface area contributed by atoms with E-state index in [9.17, 15) is 4.79 Å². The minimum Gasteiger partial charge on any atom is -0.481 e. The normalized spacial score (nSPS) is 18.4. The topological polar surface area (TPSA) is 64.3 Å². The maximum absolute atomic E-state index is 10.8. The summed E-state index contributed by atoms with van der Waals surface area (Å²) in [5.74, 6) is -0.826. The number of hydrogen-bond acceptors (Lipinski definition) is 4. The Morgan fingerprint density at radius 2 is 2.43 bits per heavy atom. The Morgan fingerprint density at radius 1 is 1.57 bits per heavy atom. The largest absolute Gasteiger partial charge is 0.481 e. The number of imidazole rings is 1. The molecule has 2 heterocycles. The van der Waals surface area contributed by atoms with Crippen molar-refractivity contribution in [1.82, 2.24) is 9.55 Å². The van der Waals surface area contributed by atoms with Crippen LogP contribution in [0.5, 0.6) is 0 Å². The van der Waals surface area contributed by atoms with Gasteiger partial charge in [-0.1, -0.05) is 27.7 Å². The van der Waals surface area contributed by atoms with Crippen molar-refractivity contribution < 1.29 is 14.6 Å². The van der Waals surface area contributed by atoms with E-state index < -0.39 is 5.97 Å². The molecule has 1 aromatic carbocycles. The second kappa shape index (κ2) is 6.37. The number of thioether (sulfide) groups is 1. The van der Waals surface area contributed by atoms with Crippen LogP contribution in [0, 0.1) is 0 Å². The third-order valence-corrected chi connectivity index (χ3v) is 4.86. The fourth-order valence-corrected chi connectivity index (χ4v) is 3.57. The summed E-state index contributed by atoms with van der Waals surface area (Å²) in [7, 11) is 0. The molecule has 1 unspecified atom stereocenters. The molecule has 1 aliphatic heterocycles. The average molecular weight is 371 g/mol. The van der Waals surface area contributed by atoms with Gasteiger partial charge in [0.2, 0.25) is 0 Å². The smallest absolute Gasteiger partial charge is 0.313 e. The summed E-state index contributed by atoms with van der Waals surface area (Å²) < 4.78 is 8.76. The van der Waals surface area contributed by atoms with Gasteiger partial charge in [-0.3, -0.25) is 4.79 Å². The first-order chi connectivity index (χ1) is 10.1. The Kier molecular flexibility index (Phi) is 4.51. The number of ether oxygens (including phenoxy) is 1. The highest BCUT2D eigenvalue weighted by atomic mass is 79.9. The van der Waals surface area contributed by atoms with E-state index >= 15 is 0 Å². The van der Waals surface area contributed by atoms with Crippen molar-refractivity contribution in [3.8, 4) is 0 Å². The van der Waals surface area contributed by atoms with E-state index in [2.05, 4.69) is 25.5 Å². The number of aliphatic carboxylic acids is 1. The van der Waals surface area contributed by atoms with Crippen molar-refractivity contribution in [3.05, 3.63) is 22.7 Å². The van der Waals surface area contributed by atoms with Crippen molar-refractivity contribution in [2.75, 3.05) is 12.4 Å². The number of benzene rings is 1. The van der Waals surface area contributed by atoms with Crippen molar-refractivity contribution in [1.29, 1.82) is 0 Å². The number of rotatable bonds is 5. The molecule has 0 aliphatic carbocycles. The first-order valence-corrected chi connectivity index (χ1v) is 8.53. The second-order valence-corrected chi connectivity index (χ2v) is 6.81. The van der Waals surface area contributed by atoms with Crippen LogP contribution in [-0.2, 0) is 16.1 Å². The first kappa shape index (κ1) is 14.9. The van der Waals surface area contributed by atoms with Gasteiger partial charge in [0.1, 0.15) is 0 Å². The Balaban J connectivity index is 1.96. The van der Waals surface area contributed by atoms with E-state index in [1.165, 1.54) is 11.8 Å². The molecule has 1 N–H and O–H groups in total. The average Bonchev–Trinajstić information content (AvgIpc) is 3.06. The molecule has 3 rings (SSSR count). The van der Waals surface area contributed by atoms with Crippen molar-refractivity contribution in [2.45, 2.75) is 30.6 Å². The summed E-state index contributed by atoms with van der Waals surface area (Å²) in [5, 5.41) is 9.62. The fourth-order valence-electron chi connectivity index (χ4n) is 2.48. The zero-order valence-corrected chi connectivity index (χ0v) is 13.7. The SMILES string of the molecule is O=C(O)CSc1nc2ccc(Br)cc2n1CC1CCCO1. The van der Waals surface area contributed by atoms with Crippen LogP contribution < -0.4 is 0 Å². The van der Waals surface area contributed by atoms with E-state index in [1.807, 2.05) is 18.2 Å². The minimum atomic E-state index is -0.836. The highest BCUT2D eigenvalue weighted by Crippen LogP contribution is 2.28. The van der Waals surface area contributed by atoms with Gasteiger partial charge in [0.05, 0.1) is 29.4 Å². The van der Waals surface area contributed by atoms with Gasteiger partial charge in [-0.25, -0.2) is 4.98 Å². The molecule has 1 atom stereocenters. The summed E-state index contributed by atoms with van der Waals surface area (Å²) >= 11 is 4.73. The van der Waals surface area contributed by atoms with E-state index in [-0.39, 0.29) is 11.9 Å². The van der Waals surface area contributed by atoms with Gasteiger partial charge in [-0.2, -0.15) is 0 Å². The van der Waals surface area contributed by atoms with E-state index in [0.717, 1.165) is 46.7 Å². The zero-order valence-electron chi connectivity index (χ0n) is 11.3. The fraction of sp³-hybridized carbons (Fsp3) is 0.429. The molecule has 21 heavy (non-hydrogen) atoms. The second-order valence-electron chi connectivity index (χ2n) is 4.96. The highest BCUT2D eigenvalue weighted by molar-refractivity contribution is 9.10. The van der Waals surface area contributed by atoms with Gasteiger partial charge in [0, 0.05) is 11.1 Å². The summed E-state index contributed by atoms with van der Waals surface area (Å²) in [6.45, 7) is 1.52. The third-order valence-electron chi connectivity index (χ3n) is 3.41. The molecule has 7 heteroatoms. The standard InChI is InChI=1S/C14H15BrN2O3S/c15-9-3-4-11-12(6-9)17(7-10-2-1-5-20-10)14(16-11)21-8-13(18)19/h3-4,6,10H,1-2,5,7-8H2,(H,18,19). The molecule has 5 nitrogen and oxygen atoms in total. The first-order valence-electron chi connectivity index (χ1n) is 6.75. The lowest BCUT2D eigenvalue weighted by atomic mass is 10.2. The molecule has 0 bridgehead atoms. The van der Waals surface area contributed by atoms with Crippen LogP contribution in [0.2, 0.25) is 0 Å². The van der Waals surface area contributed by atoms with Crippen LogP contribution in [-0.4, -0.2) is 39.1 Å². The summed E-state index contributed by atoms with van der Waals surface area (Å²) in [5.41, 5.74) is 1.89. The molecule has 1 aromatic heterocycles. The number of carboxylic acids is 1. The number of carboxylic acid groups (broad SMARTS) is 1. The molecule has 1 aliphatic rings. The predicted octanol–water partition coefficient (Wildman–Crippen LogP) is 3.15. The molecule has 0 saturated carbocycles. The quantitative estimate of drug-likeness (QED) is 0.818. The number of fused-ring (bicyclic) bond motifs is 1. The van der Waals surface area contributed by atoms with Crippen LogP contribution in [0.4, 0.5) is 0 Å². The van der Waals surface area contributed by atoms with Gasteiger partial charge in [-0.05, 0) is 31.0 Å². The van der Waals surface area contributed by atoms with Crippen LogP contribution in [0.1, 0.15) is 12.8 Å². The number of aromatic nitrogens is 2. The number of hydrogen-bond donors (Lipinski definition) is 1. The van der Waals surface area contributed by atoms with Gasteiger partial charge < -0.3 is 14.4 Å². The molecule has 0 amide bonds. The van der Waals surface area contributed by atoms with Crippen molar-refractivity contribution >= 4 is 44.7 Å². The lowest BCUT2D eigenvalue weighted by molar-refractivity contribution is -0.133. The van der Waals surface area contributed by atoms with E-state index in [1.54, 1.807) is 0 Å². The number of halogens is 1. The van der Waals surface area contributed by atoms with E-state index in [0.29, 0.717) is 0 Å². The minimum absolute atomic E-state index is 0.00994. The lowest BCUT2D eigenvalue weighted by Crippen LogP contribution is -2.16. The van der Waals surface area contributed by atoms with E-state index in [4.69, 9.17) is 9.84 Å². The Labute approximate surface area is 134 Å². The summed E-state index contributed by atoms with van der Waals surface area (Å²) in [6.07, 6.45) is 2.31. The molecular formula is C14H15BrN2O3S. The van der Waals surface area contributed by atoms with Gasteiger partial charge in [0.15, 0.2) is 5.16 Å². The van der Waals surface area contributed by atoms with Crippen molar-refractivity contribution in [2.24, 2.45) is 0 Å². The molecule has 0 spiro atoms. The Morgan fingerprint density at radius 3 is 3.14 bits per heavy atom. The number of carbonyl (C=O) groups is 1. The molecule has 1 fully saturated rings. The molecule has 0 radical (unpaired) electrons. The number of nitrogens with zero attached hydrogens (tertiary/aromatic N) is 2. The van der Waals surface area contributed by atoms with Crippen LogP contribution in [0.25, 0.3) is 11.0 Å². The Hall–Kier alpha value is -1.05.